The molecule has 88 valence electrons. The van der Waals surface area contributed by atoms with Crippen LogP contribution in [0.2, 0.25) is 0 Å². The number of hydrogen-bond donors (Lipinski definition) is 1. The predicted molar refractivity (Wildman–Crippen MR) is 60.3 cm³/mol. The third kappa shape index (κ3) is 1.65. The Morgan fingerprint density at radius 3 is 3.00 bits per heavy atom. The van der Waals surface area contributed by atoms with Gasteiger partial charge in [-0.2, -0.15) is 4.98 Å². The maximum absolute atomic E-state index is 5.50. The molecule has 0 aromatic carbocycles. The minimum Gasteiger partial charge on any atom is -0.339 e. The Kier molecular flexibility index (Phi) is 2.46. The van der Waals surface area contributed by atoms with E-state index in [0.717, 1.165) is 31.2 Å². The standard InChI is InChI=1S/C12H19N3O/c1-2-12(6-3-7-13-8-12)11-14-10(15-16-11)9-4-5-9/h9,13H,2-8H2,1H3. The minimum atomic E-state index is 0.0956. The molecule has 1 aliphatic heterocycles. The summed E-state index contributed by atoms with van der Waals surface area (Å²) in [4.78, 5) is 4.62. The van der Waals surface area contributed by atoms with Gasteiger partial charge in [-0.25, -0.2) is 0 Å². The van der Waals surface area contributed by atoms with Gasteiger partial charge in [0, 0.05) is 12.5 Å². The van der Waals surface area contributed by atoms with E-state index in [4.69, 9.17) is 4.52 Å². The van der Waals surface area contributed by atoms with E-state index >= 15 is 0 Å². The Labute approximate surface area is 95.8 Å². The van der Waals surface area contributed by atoms with Crippen molar-refractivity contribution < 1.29 is 4.52 Å². The van der Waals surface area contributed by atoms with Gasteiger partial charge < -0.3 is 9.84 Å². The number of piperidine rings is 1. The molecule has 1 aromatic rings. The third-order valence-electron chi connectivity index (χ3n) is 3.99. The smallest absolute Gasteiger partial charge is 0.234 e. The summed E-state index contributed by atoms with van der Waals surface area (Å²) in [6.07, 6.45) is 5.91. The molecular formula is C12H19N3O. The van der Waals surface area contributed by atoms with Crippen LogP contribution < -0.4 is 5.32 Å². The molecule has 4 heteroatoms. The lowest BCUT2D eigenvalue weighted by atomic mass is 9.78. The Morgan fingerprint density at radius 1 is 1.50 bits per heavy atom. The highest BCUT2D eigenvalue weighted by atomic mass is 16.5. The van der Waals surface area contributed by atoms with Gasteiger partial charge >= 0.3 is 0 Å². The maximum atomic E-state index is 5.50. The molecule has 2 aliphatic rings. The molecule has 1 aromatic heterocycles. The second kappa shape index (κ2) is 3.84. The Hall–Kier alpha value is -0.900. The quantitative estimate of drug-likeness (QED) is 0.848. The van der Waals surface area contributed by atoms with Gasteiger partial charge in [0.05, 0.1) is 5.41 Å². The first-order chi connectivity index (χ1) is 7.84. The summed E-state index contributed by atoms with van der Waals surface area (Å²) in [6, 6.07) is 0. The van der Waals surface area contributed by atoms with E-state index in [9.17, 15) is 0 Å². The predicted octanol–water partition coefficient (Wildman–Crippen LogP) is 1.98. The molecule has 2 fully saturated rings. The second-order valence-electron chi connectivity index (χ2n) is 5.15. The van der Waals surface area contributed by atoms with E-state index in [1.807, 2.05) is 0 Å². The fourth-order valence-corrected chi connectivity index (χ4v) is 2.56. The molecule has 2 heterocycles. The normalized spacial score (nSPS) is 30.6. The summed E-state index contributed by atoms with van der Waals surface area (Å²) in [5, 5.41) is 7.58. The van der Waals surface area contributed by atoms with Crippen molar-refractivity contribution in [2.45, 2.75) is 50.4 Å². The highest BCUT2D eigenvalue weighted by Gasteiger charge is 2.39. The molecule has 1 aliphatic carbocycles. The molecule has 0 amide bonds. The lowest BCUT2D eigenvalue weighted by molar-refractivity contribution is 0.220. The molecule has 1 atom stereocenters. The Balaban J connectivity index is 1.86. The fourth-order valence-electron chi connectivity index (χ4n) is 2.56. The van der Waals surface area contributed by atoms with E-state index in [-0.39, 0.29) is 5.41 Å². The molecular weight excluding hydrogens is 202 g/mol. The zero-order valence-corrected chi connectivity index (χ0v) is 9.83. The van der Waals surface area contributed by atoms with Gasteiger partial charge in [-0.3, -0.25) is 0 Å². The van der Waals surface area contributed by atoms with Gasteiger partial charge in [0.1, 0.15) is 0 Å². The third-order valence-corrected chi connectivity index (χ3v) is 3.99. The summed E-state index contributed by atoms with van der Waals surface area (Å²) in [5.41, 5.74) is 0.0956. The molecule has 1 saturated heterocycles. The van der Waals surface area contributed by atoms with Crippen LogP contribution in [-0.2, 0) is 5.41 Å². The summed E-state index contributed by atoms with van der Waals surface area (Å²) < 4.78 is 5.50. The molecule has 16 heavy (non-hydrogen) atoms. The molecule has 1 N–H and O–H groups in total. The molecule has 1 unspecified atom stereocenters. The topological polar surface area (TPSA) is 51.0 Å². The zero-order chi connectivity index (χ0) is 11.0. The monoisotopic (exact) mass is 221 g/mol. The lowest BCUT2D eigenvalue weighted by Crippen LogP contribution is -2.43. The van der Waals surface area contributed by atoms with Crippen LogP contribution in [-0.4, -0.2) is 23.2 Å². The van der Waals surface area contributed by atoms with E-state index in [1.54, 1.807) is 0 Å². The average molecular weight is 221 g/mol. The Bertz CT molecular complexity index is 364. The van der Waals surface area contributed by atoms with Crippen LogP contribution in [0.3, 0.4) is 0 Å². The largest absolute Gasteiger partial charge is 0.339 e. The highest BCUT2D eigenvalue weighted by molar-refractivity contribution is 5.11. The van der Waals surface area contributed by atoms with Crippen LogP contribution in [0.5, 0.6) is 0 Å². The summed E-state index contributed by atoms with van der Waals surface area (Å²) >= 11 is 0. The van der Waals surface area contributed by atoms with Crippen LogP contribution >= 0.6 is 0 Å². The van der Waals surface area contributed by atoms with Crippen molar-refractivity contribution in [3.8, 4) is 0 Å². The first kappa shape index (κ1) is 10.3. The maximum Gasteiger partial charge on any atom is 0.234 e. The van der Waals surface area contributed by atoms with Crippen LogP contribution in [0.4, 0.5) is 0 Å². The van der Waals surface area contributed by atoms with Gasteiger partial charge in [-0.05, 0) is 38.6 Å². The summed E-state index contributed by atoms with van der Waals surface area (Å²) in [7, 11) is 0. The van der Waals surface area contributed by atoms with E-state index in [2.05, 4.69) is 22.4 Å². The van der Waals surface area contributed by atoms with E-state index in [1.165, 1.54) is 25.7 Å². The molecule has 0 spiro atoms. The fraction of sp³-hybridized carbons (Fsp3) is 0.833. The lowest BCUT2D eigenvalue weighted by Gasteiger charge is -2.33. The number of hydrogen-bond acceptors (Lipinski definition) is 4. The number of aromatic nitrogens is 2. The van der Waals surface area contributed by atoms with Crippen molar-refractivity contribution in [1.82, 2.24) is 15.5 Å². The van der Waals surface area contributed by atoms with Crippen molar-refractivity contribution in [2.75, 3.05) is 13.1 Å². The number of nitrogens with zero attached hydrogens (tertiary/aromatic N) is 2. The SMILES string of the molecule is CCC1(c2nc(C3CC3)no2)CCCNC1. The van der Waals surface area contributed by atoms with Crippen molar-refractivity contribution in [3.05, 3.63) is 11.7 Å². The summed E-state index contributed by atoms with van der Waals surface area (Å²) in [6.45, 7) is 4.31. The first-order valence-electron chi connectivity index (χ1n) is 6.39. The van der Waals surface area contributed by atoms with Crippen LogP contribution in [0.25, 0.3) is 0 Å². The van der Waals surface area contributed by atoms with Crippen molar-refractivity contribution >= 4 is 0 Å². The van der Waals surface area contributed by atoms with Gasteiger partial charge in [0.25, 0.3) is 0 Å². The number of nitrogens with one attached hydrogen (secondary N) is 1. The highest BCUT2D eigenvalue weighted by Crippen LogP contribution is 2.40. The van der Waals surface area contributed by atoms with Crippen LogP contribution in [0.1, 0.15) is 56.7 Å². The Morgan fingerprint density at radius 2 is 2.38 bits per heavy atom. The van der Waals surface area contributed by atoms with Crippen LogP contribution in [0.15, 0.2) is 4.52 Å². The minimum absolute atomic E-state index is 0.0956. The molecule has 4 nitrogen and oxygen atoms in total. The molecule has 1 saturated carbocycles. The summed E-state index contributed by atoms with van der Waals surface area (Å²) in [5.74, 6) is 2.39. The average Bonchev–Trinajstić information content (AvgIpc) is 3.08. The van der Waals surface area contributed by atoms with Crippen LogP contribution in [0, 0.1) is 0 Å². The first-order valence-corrected chi connectivity index (χ1v) is 6.39. The van der Waals surface area contributed by atoms with Crippen molar-refractivity contribution in [2.24, 2.45) is 0 Å². The van der Waals surface area contributed by atoms with E-state index < -0.39 is 0 Å². The van der Waals surface area contributed by atoms with E-state index in [0.29, 0.717) is 5.92 Å². The van der Waals surface area contributed by atoms with Gasteiger partial charge in [0.15, 0.2) is 5.82 Å². The molecule has 0 radical (unpaired) electrons. The van der Waals surface area contributed by atoms with Gasteiger partial charge in [0.2, 0.25) is 5.89 Å². The van der Waals surface area contributed by atoms with Gasteiger partial charge in [-0.15, -0.1) is 0 Å². The van der Waals surface area contributed by atoms with Gasteiger partial charge in [-0.1, -0.05) is 12.1 Å². The second-order valence-corrected chi connectivity index (χ2v) is 5.15. The molecule has 3 rings (SSSR count). The zero-order valence-electron chi connectivity index (χ0n) is 9.83. The number of rotatable bonds is 3. The van der Waals surface area contributed by atoms with Crippen molar-refractivity contribution in [3.63, 3.8) is 0 Å². The van der Waals surface area contributed by atoms with Crippen molar-refractivity contribution in [1.29, 1.82) is 0 Å². The molecule has 0 bridgehead atoms.